The van der Waals surface area contributed by atoms with Gasteiger partial charge in [0.1, 0.15) is 6.61 Å². The zero-order valence-electron chi connectivity index (χ0n) is 7.12. The average molecular weight is 211 g/mol. The molecule has 0 saturated carbocycles. The van der Waals surface area contributed by atoms with E-state index in [1.807, 2.05) is 0 Å². The lowest BCUT2D eigenvalue weighted by atomic mass is 10.1. The summed E-state index contributed by atoms with van der Waals surface area (Å²) >= 11 is 5.65. The summed E-state index contributed by atoms with van der Waals surface area (Å²) in [5.41, 5.74) is 0.525. The van der Waals surface area contributed by atoms with Gasteiger partial charge in [-0.1, -0.05) is 23.4 Å². The van der Waals surface area contributed by atoms with Crippen LogP contribution in [0.5, 0.6) is 0 Å². The molecule has 0 atom stereocenters. The number of halogens is 1. The number of carboxylic acids is 1. The molecule has 3 nitrogen and oxygen atoms in total. The van der Waals surface area contributed by atoms with E-state index in [0.717, 1.165) is 0 Å². The maximum absolute atomic E-state index is 10.7. The largest absolute Gasteiger partial charge is 0.478 e. The molecule has 0 fully saturated rings. The van der Waals surface area contributed by atoms with Crippen LogP contribution in [0.4, 0.5) is 0 Å². The summed E-state index contributed by atoms with van der Waals surface area (Å²) in [6, 6.07) is 4.43. The fourth-order valence-electron chi connectivity index (χ4n) is 0.909. The van der Waals surface area contributed by atoms with Gasteiger partial charge in [-0.05, 0) is 18.2 Å². The fourth-order valence-corrected chi connectivity index (χ4v) is 1.11. The van der Waals surface area contributed by atoms with Gasteiger partial charge in [0.05, 0.1) is 10.6 Å². The molecule has 0 unspecified atom stereocenters. The Bertz CT molecular complexity index is 415. The Morgan fingerprint density at radius 2 is 2.21 bits per heavy atom. The van der Waals surface area contributed by atoms with Crippen LogP contribution >= 0.6 is 11.6 Å². The summed E-state index contributed by atoms with van der Waals surface area (Å²) in [6.45, 7) is -0.259. The molecule has 2 N–H and O–H groups in total. The van der Waals surface area contributed by atoms with E-state index in [-0.39, 0.29) is 17.2 Å². The van der Waals surface area contributed by atoms with Crippen molar-refractivity contribution in [2.24, 2.45) is 0 Å². The monoisotopic (exact) mass is 210 g/mol. The van der Waals surface area contributed by atoms with Gasteiger partial charge in [0.25, 0.3) is 0 Å². The highest BCUT2D eigenvalue weighted by Crippen LogP contribution is 2.16. The lowest BCUT2D eigenvalue weighted by Crippen LogP contribution is -1.97. The predicted octanol–water partition coefficient (Wildman–Crippen LogP) is 1.38. The van der Waals surface area contributed by atoms with E-state index >= 15 is 0 Å². The minimum absolute atomic E-state index is 0.0106. The van der Waals surface area contributed by atoms with Crippen molar-refractivity contribution in [2.45, 2.75) is 0 Å². The zero-order chi connectivity index (χ0) is 10.6. The highest BCUT2D eigenvalue weighted by atomic mass is 35.5. The number of aliphatic hydroxyl groups is 1. The van der Waals surface area contributed by atoms with E-state index in [2.05, 4.69) is 11.8 Å². The molecule has 0 aliphatic rings. The van der Waals surface area contributed by atoms with Crippen molar-refractivity contribution in [3.8, 4) is 11.8 Å². The van der Waals surface area contributed by atoms with Gasteiger partial charge >= 0.3 is 5.97 Å². The molecule has 0 spiro atoms. The van der Waals surface area contributed by atoms with Crippen molar-refractivity contribution < 1.29 is 15.0 Å². The Balaban J connectivity index is 3.13. The van der Waals surface area contributed by atoms with Gasteiger partial charge in [-0.3, -0.25) is 0 Å². The predicted molar refractivity (Wildman–Crippen MR) is 52.4 cm³/mol. The minimum Gasteiger partial charge on any atom is -0.478 e. The molecule has 1 aromatic rings. The Kier molecular flexibility index (Phi) is 3.52. The van der Waals surface area contributed by atoms with Crippen molar-refractivity contribution >= 4 is 17.6 Å². The molecule has 0 aromatic heterocycles. The lowest BCUT2D eigenvalue weighted by molar-refractivity contribution is 0.0697. The quantitative estimate of drug-likeness (QED) is 0.689. The molecule has 1 rings (SSSR count). The molecular weight excluding hydrogens is 204 g/mol. The van der Waals surface area contributed by atoms with Gasteiger partial charge in [-0.15, -0.1) is 0 Å². The number of aromatic carboxylic acids is 1. The van der Waals surface area contributed by atoms with Gasteiger partial charge < -0.3 is 10.2 Å². The number of benzene rings is 1. The third-order valence-corrected chi connectivity index (χ3v) is 1.84. The Morgan fingerprint density at radius 3 is 2.79 bits per heavy atom. The number of aliphatic hydroxyl groups excluding tert-OH is 1. The van der Waals surface area contributed by atoms with Crippen LogP contribution < -0.4 is 0 Å². The van der Waals surface area contributed by atoms with Crippen molar-refractivity contribution in [2.75, 3.05) is 6.61 Å². The highest BCUT2D eigenvalue weighted by molar-refractivity contribution is 6.33. The zero-order valence-corrected chi connectivity index (χ0v) is 7.88. The van der Waals surface area contributed by atoms with Crippen LogP contribution in [0.2, 0.25) is 5.02 Å². The topological polar surface area (TPSA) is 57.5 Å². The van der Waals surface area contributed by atoms with E-state index in [0.29, 0.717) is 5.56 Å². The minimum atomic E-state index is -1.09. The second-order valence-corrected chi connectivity index (χ2v) is 2.87. The molecule has 0 saturated heterocycles. The fraction of sp³-hybridized carbons (Fsp3) is 0.100. The number of hydrogen-bond acceptors (Lipinski definition) is 2. The van der Waals surface area contributed by atoms with E-state index in [1.54, 1.807) is 6.07 Å². The van der Waals surface area contributed by atoms with E-state index in [1.165, 1.54) is 12.1 Å². The third kappa shape index (κ3) is 2.49. The molecule has 0 aliphatic heterocycles. The molecule has 0 heterocycles. The third-order valence-electron chi connectivity index (χ3n) is 1.51. The van der Waals surface area contributed by atoms with Crippen LogP contribution in [-0.4, -0.2) is 22.8 Å². The molecule has 0 bridgehead atoms. The van der Waals surface area contributed by atoms with Crippen LogP contribution in [0.3, 0.4) is 0 Å². The first kappa shape index (κ1) is 10.6. The van der Waals surface area contributed by atoms with E-state index < -0.39 is 5.97 Å². The van der Waals surface area contributed by atoms with Gasteiger partial charge in [0.15, 0.2) is 0 Å². The van der Waals surface area contributed by atoms with Gasteiger partial charge in [0.2, 0.25) is 0 Å². The second-order valence-electron chi connectivity index (χ2n) is 2.46. The summed E-state index contributed by atoms with van der Waals surface area (Å²) in [5.74, 6) is 3.92. The number of rotatable bonds is 1. The van der Waals surface area contributed by atoms with E-state index in [4.69, 9.17) is 21.8 Å². The lowest BCUT2D eigenvalue weighted by Gasteiger charge is -1.98. The molecule has 1 aromatic carbocycles. The molecule has 4 heteroatoms. The first-order valence-corrected chi connectivity index (χ1v) is 4.15. The van der Waals surface area contributed by atoms with Crippen LogP contribution in [0.15, 0.2) is 18.2 Å². The highest BCUT2D eigenvalue weighted by Gasteiger charge is 2.07. The molecule has 0 amide bonds. The van der Waals surface area contributed by atoms with Gasteiger partial charge in [-0.2, -0.15) is 0 Å². The van der Waals surface area contributed by atoms with Crippen LogP contribution in [0.1, 0.15) is 15.9 Å². The SMILES string of the molecule is O=C(O)c1cc(C#CCO)ccc1Cl. The van der Waals surface area contributed by atoms with Gasteiger partial charge in [-0.25, -0.2) is 4.79 Å². The van der Waals surface area contributed by atoms with Crippen LogP contribution in [0, 0.1) is 11.8 Å². The van der Waals surface area contributed by atoms with Gasteiger partial charge in [0, 0.05) is 5.56 Å². The summed E-state index contributed by atoms with van der Waals surface area (Å²) in [6.07, 6.45) is 0. The standard InChI is InChI=1S/C10H7ClO3/c11-9-4-3-7(2-1-5-12)6-8(9)10(13)14/h3-4,6,12H,5H2,(H,13,14). The van der Waals surface area contributed by atoms with Crippen LogP contribution in [0.25, 0.3) is 0 Å². The normalized spacial score (nSPS) is 9.00. The van der Waals surface area contributed by atoms with Crippen molar-refractivity contribution in [3.63, 3.8) is 0 Å². The van der Waals surface area contributed by atoms with E-state index in [9.17, 15) is 4.79 Å². The average Bonchev–Trinajstić information content (AvgIpc) is 2.16. The number of carboxylic acid groups (broad SMARTS) is 1. The second kappa shape index (κ2) is 4.66. The first-order chi connectivity index (χ1) is 6.65. The molecule has 14 heavy (non-hydrogen) atoms. The van der Waals surface area contributed by atoms with Crippen molar-refractivity contribution in [1.29, 1.82) is 0 Å². The molecule has 0 aliphatic carbocycles. The summed E-state index contributed by atoms with van der Waals surface area (Å²) in [5, 5.41) is 17.4. The smallest absolute Gasteiger partial charge is 0.337 e. The first-order valence-electron chi connectivity index (χ1n) is 3.77. The number of carbonyl (C=O) groups is 1. The molecule has 0 radical (unpaired) electrons. The maximum atomic E-state index is 10.7. The number of hydrogen-bond donors (Lipinski definition) is 2. The van der Waals surface area contributed by atoms with Crippen molar-refractivity contribution in [3.05, 3.63) is 34.3 Å². The summed E-state index contributed by atoms with van der Waals surface area (Å²) < 4.78 is 0. The Morgan fingerprint density at radius 1 is 1.50 bits per heavy atom. The summed E-state index contributed by atoms with van der Waals surface area (Å²) in [7, 11) is 0. The maximum Gasteiger partial charge on any atom is 0.337 e. The van der Waals surface area contributed by atoms with Crippen molar-refractivity contribution in [1.82, 2.24) is 0 Å². The molecular formula is C10H7ClO3. The Labute approximate surface area is 85.9 Å². The van der Waals surface area contributed by atoms with Crippen LogP contribution in [-0.2, 0) is 0 Å². The molecule has 72 valence electrons. The Hall–Kier alpha value is -1.50. The summed E-state index contributed by atoms with van der Waals surface area (Å²) in [4.78, 5) is 10.7.